The van der Waals surface area contributed by atoms with E-state index in [0.717, 1.165) is 0 Å². The fourth-order valence-electron chi connectivity index (χ4n) is 3.70. The Labute approximate surface area is 182 Å². The van der Waals surface area contributed by atoms with Crippen LogP contribution in [0.15, 0.2) is 60.7 Å². The summed E-state index contributed by atoms with van der Waals surface area (Å²) in [7, 11) is 0. The summed E-state index contributed by atoms with van der Waals surface area (Å²) in [6, 6.07) is 15.7. The van der Waals surface area contributed by atoms with Crippen molar-refractivity contribution >= 4 is 17.7 Å². The number of nitrogens with one attached hydrogen (secondary N) is 1. The van der Waals surface area contributed by atoms with Gasteiger partial charge in [0, 0.05) is 6.99 Å². The third-order valence-electron chi connectivity index (χ3n) is 5.56. The van der Waals surface area contributed by atoms with Crippen LogP contribution >= 0.6 is 0 Å². The second-order valence-electron chi connectivity index (χ2n) is 7.66. The molecule has 1 aliphatic heterocycles. The number of hydrogen-bond donors (Lipinski definition) is 2. The maximum absolute atomic E-state index is 13.3. The number of halogens is 2. The zero-order valence-electron chi connectivity index (χ0n) is 16.5. The van der Waals surface area contributed by atoms with Crippen LogP contribution in [0.3, 0.4) is 0 Å². The molecule has 1 aliphatic carbocycles. The Morgan fingerprint density at radius 3 is 2.41 bits per heavy atom. The highest BCUT2D eigenvalue weighted by molar-refractivity contribution is 6.01. The molecule has 0 unspecified atom stereocenters. The van der Waals surface area contributed by atoms with E-state index in [2.05, 4.69) is 19.8 Å². The minimum Gasteiger partial charge on any atom is -0.478 e. The van der Waals surface area contributed by atoms with E-state index in [4.69, 9.17) is 5.11 Å². The fraction of sp³-hybridized carbons (Fsp3) is 0.174. The van der Waals surface area contributed by atoms with Gasteiger partial charge in [-0.05, 0) is 54.8 Å². The van der Waals surface area contributed by atoms with Crippen molar-refractivity contribution in [2.24, 2.45) is 0 Å². The zero-order valence-corrected chi connectivity index (χ0v) is 16.5. The number of carboxylic acid groups (broad SMARTS) is 1. The number of aromatic nitrogens is 1. The second-order valence-corrected chi connectivity index (χ2v) is 7.66. The highest BCUT2D eigenvalue weighted by Gasteiger charge is 2.52. The molecule has 0 bridgehead atoms. The normalized spacial score (nSPS) is 16.9. The van der Waals surface area contributed by atoms with Crippen LogP contribution in [0.5, 0.6) is 11.5 Å². The standard InChI is InChI=1S/C23H16F2N2O5.H2/c24-23(25)31-17-9-8-15(12-18(17)32-23)22(10-11-22)21(30)27-19-3-1-2-16(26-19)13-4-6-14(7-5-13)20(28)29;/h1-9,12H,10-11H2,(H,28,29)(H,26,27,30);1H. The molecule has 1 aromatic heterocycles. The molecule has 3 aromatic rings. The number of carbonyl (C=O) groups excluding carboxylic acids is 1. The van der Waals surface area contributed by atoms with Crippen LogP contribution in [0.2, 0.25) is 0 Å². The zero-order chi connectivity index (χ0) is 22.5. The van der Waals surface area contributed by atoms with Crippen molar-refractivity contribution in [3.05, 3.63) is 71.8 Å². The third-order valence-corrected chi connectivity index (χ3v) is 5.56. The van der Waals surface area contributed by atoms with E-state index in [0.29, 0.717) is 35.5 Å². The summed E-state index contributed by atoms with van der Waals surface area (Å²) in [5.74, 6) is -1.16. The summed E-state index contributed by atoms with van der Waals surface area (Å²) in [4.78, 5) is 28.5. The van der Waals surface area contributed by atoms with E-state index in [-0.39, 0.29) is 24.4 Å². The van der Waals surface area contributed by atoms with Crippen molar-refractivity contribution in [3.8, 4) is 22.8 Å². The van der Waals surface area contributed by atoms with Gasteiger partial charge in [-0.15, -0.1) is 8.78 Å². The Hall–Kier alpha value is -4.01. The number of alkyl halides is 2. The first-order valence-corrected chi connectivity index (χ1v) is 9.78. The van der Waals surface area contributed by atoms with Crippen LogP contribution in [-0.2, 0) is 10.2 Å². The molecule has 1 amide bonds. The number of hydrogen-bond acceptors (Lipinski definition) is 5. The average molecular weight is 440 g/mol. The lowest BCUT2D eigenvalue weighted by atomic mass is 9.94. The van der Waals surface area contributed by atoms with Crippen molar-refractivity contribution in [1.29, 1.82) is 0 Å². The van der Waals surface area contributed by atoms with Gasteiger partial charge in [0.15, 0.2) is 11.5 Å². The smallest absolute Gasteiger partial charge is 0.478 e. The van der Waals surface area contributed by atoms with Crippen molar-refractivity contribution in [2.75, 3.05) is 5.32 Å². The van der Waals surface area contributed by atoms with E-state index in [9.17, 15) is 18.4 Å². The van der Waals surface area contributed by atoms with Crippen molar-refractivity contribution in [2.45, 2.75) is 24.6 Å². The molecule has 2 heterocycles. The summed E-state index contributed by atoms with van der Waals surface area (Å²) < 4.78 is 35.5. The molecule has 164 valence electrons. The predicted molar refractivity (Wildman–Crippen MR) is 111 cm³/mol. The molecule has 32 heavy (non-hydrogen) atoms. The number of carboxylic acids is 1. The first-order chi connectivity index (χ1) is 15.3. The van der Waals surface area contributed by atoms with Crippen LogP contribution in [0.4, 0.5) is 14.6 Å². The lowest BCUT2D eigenvalue weighted by Crippen LogP contribution is -2.28. The van der Waals surface area contributed by atoms with Gasteiger partial charge in [-0.25, -0.2) is 9.78 Å². The first kappa shape index (κ1) is 19.9. The van der Waals surface area contributed by atoms with Gasteiger partial charge in [0.1, 0.15) is 5.82 Å². The Balaban J connectivity index is 0.00000259. The number of carbonyl (C=O) groups is 2. The molecule has 0 saturated heterocycles. The van der Waals surface area contributed by atoms with Gasteiger partial charge in [0.05, 0.1) is 16.7 Å². The number of rotatable bonds is 5. The summed E-state index contributed by atoms with van der Waals surface area (Å²) in [5, 5.41) is 11.8. The fourth-order valence-corrected chi connectivity index (χ4v) is 3.70. The molecular formula is C23H18F2N2O5. The number of ether oxygens (including phenoxy) is 2. The van der Waals surface area contributed by atoms with Gasteiger partial charge in [-0.3, -0.25) is 4.79 Å². The topological polar surface area (TPSA) is 97.8 Å². The molecule has 2 N–H and O–H groups in total. The van der Waals surface area contributed by atoms with Crippen molar-refractivity contribution in [3.63, 3.8) is 0 Å². The molecule has 0 spiro atoms. The first-order valence-electron chi connectivity index (χ1n) is 9.78. The van der Waals surface area contributed by atoms with Gasteiger partial charge < -0.3 is 19.9 Å². The van der Waals surface area contributed by atoms with Crippen LogP contribution in [0, 0.1) is 0 Å². The number of aromatic carboxylic acids is 1. The molecule has 1 saturated carbocycles. The molecular weight excluding hydrogens is 422 g/mol. The van der Waals surface area contributed by atoms with Gasteiger partial charge >= 0.3 is 12.3 Å². The second kappa shape index (κ2) is 7.01. The quantitative estimate of drug-likeness (QED) is 0.598. The summed E-state index contributed by atoms with van der Waals surface area (Å²) >= 11 is 0. The number of benzene rings is 2. The van der Waals surface area contributed by atoms with Crippen molar-refractivity contribution in [1.82, 2.24) is 4.98 Å². The Bertz CT molecular complexity index is 1250. The minimum absolute atomic E-state index is 0. The Morgan fingerprint density at radius 2 is 1.72 bits per heavy atom. The molecule has 9 heteroatoms. The van der Waals surface area contributed by atoms with Crippen LogP contribution in [0.25, 0.3) is 11.3 Å². The lowest BCUT2D eigenvalue weighted by Gasteiger charge is -2.16. The number of nitrogens with zero attached hydrogens (tertiary/aromatic N) is 1. The monoisotopic (exact) mass is 440 g/mol. The van der Waals surface area contributed by atoms with Gasteiger partial charge in [0.2, 0.25) is 5.91 Å². The molecule has 5 rings (SSSR count). The maximum atomic E-state index is 13.3. The molecule has 2 aliphatic rings. The Morgan fingerprint density at radius 1 is 1.00 bits per heavy atom. The SMILES string of the molecule is O=C(O)c1ccc(-c2cccc(NC(=O)C3(c4ccc5c(c4)OC(F)(F)O5)CC3)n2)cc1.[HH]. The number of pyridine rings is 1. The predicted octanol–water partition coefficient (Wildman–Crippen LogP) is 4.68. The van der Waals surface area contributed by atoms with Crippen LogP contribution in [0.1, 0.15) is 30.2 Å². The molecule has 2 aromatic carbocycles. The van der Waals surface area contributed by atoms with Gasteiger partial charge in [-0.1, -0.05) is 24.3 Å². The third kappa shape index (κ3) is 3.51. The van der Waals surface area contributed by atoms with E-state index in [1.54, 1.807) is 36.4 Å². The van der Waals surface area contributed by atoms with Gasteiger partial charge in [-0.2, -0.15) is 0 Å². The Kier molecular flexibility index (Phi) is 4.37. The van der Waals surface area contributed by atoms with E-state index >= 15 is 0 Å². The summed E-state index contributed by atoms with van der Waals surface area (Å²) in [6.45, 7) is 0. The average Bonchev–Trinajstić information content (AvgIpc) is 3.51. The summed E-state index contributed by atoms with van der Waals surface area (Å²) in [6.07, 6.45) is -2.59. The highest BCUT2D eigenvalue weighted by atomic mass is 19.3. The number of fused-ring (bicyclic) bond motifs is 1. The largest absolute Gasteiger partial charge is 0.586 e. The van der Waals surface area contributed by atoms with E-state index < -0.39 is 17.7 Å². The lowest BCUT2D eigenvalue weighted by molar-refractivity contribution is -0.286. The molecule has 1 fully saturated rings. The van der Waals surface area contributed by atoms with E-state index in [1.807, 2.05) is 0 Å². The number of amides is 1. The summed E-state index contributed by atoms with van der Waals surface area (Å²) in [5.41, 5.74) is 1.14. The molecule has 0 radical (unpaired) electrons. The van der Waals surface area contributed by atoms with Crippen LogP contribution < -0.4 is 14.8 Å². The molecule has 0 atom stereocenters. The van der Waals surface area contributed by atoms with Gasteiger partial charge in [0.25, 0.3) is 0 Å². The number of anilines is 1. The highest BCUT2D eigenvalue weighted by Crippen LogP contribution is 2.52. The minimum atomic E-state index is -3.72. The maximum Gasteiger partial charge on any atom is 0.586 e. The van der Waals surface area contributed by atoms with E-state index in [1.165, 1.54) is 24.3 Å². The molecule has 7 nitrogen and oxygen atoms in total. The van der Waals surface area contributed by atoms with Crippen LogP contribution in [-0.4, -0.2) is 28.3 Å². The van der Waals surface area contributed by atoms with Crippen molar-refractivity contribution < 1.29 is 34.4 Å².